The SMILES string of the molecule is CCNC(Cc1ccccc1C)C1CC2CC2C1. The normalized spacial score (nSPS) is 31.1. The van der Waals surface area contributed by atoms with Crippen LogP contribution in [0.3, 0.4) is 0 Å². The highest BCUT2D eigenvalue weighted by Gasteiger charge is 2.47. The second kappa shape index (κ2) is 5.05. The van der Waals surface area contributed by atoms with E-state index in [0.717, 1.165) is 24.3 Å². The lowest BCUT2D eigenvalue weighted by Gasteiger charge is -2.26. The topological polar surface area (TPSA) is 12.0 Å². The van der Waals surface area contributed by atoms with Gasteiger partial charge < -0.3 is 5.32 Å². The van der Waals surface area contributed by atoms with Crippen LogP contribution in [-0.2, 0) is 6.42 Å². The van der Waals surface area contributed by atoms with Gasteiger partial charge in [-0.05, 0) is 68.0 Å². The lowest BCUT2D eigenvalue weighted by molar-refractivity contribution is 0.336. The molecule has 18 heavy (non-hydrogen) atoms. The molecule has 0 bridgehead atoms. The van der Waals surface area contributed by atoms with Crippen molar-refractivity contribution in [3.05, 3.63) is 35.4 Å². The maximum Gasteiger partial charge on any atom is 0.0136 e. The Bertz CT molecular complexity index is 402. The van der Waals surface area contributed by atoms with Crippen molar-refractivity contribution in [3.63, 3.8) is 0 Å². The van der Waals surface area contributed by atoms with Gasteiger partial charge in [0.15, 0.2) is 0 Å². The van der Waals surface area contributed by atoms with Crippen LogP contribution in [0.2, 0.25) is 0 Å². The average molecular weight is 243 g/mol. The van der Waals surface area contributed by atoms with Crippen LogP contribution < -0.4 is 5.32 Å². The zero-order valence-corrected chi connectivity index (χ0v) is 11.7. The Morgan fingerprint density at radius 3 is 2.56 bits per heavy atom. The summed E-state index contributed by atoms with van der Waals surface area (Å²) in [6, 6.07) is 9.56. The molecule has 1 aromatic rings. The second-order valence-electron chi connectivity index (χ2n) is 6.28. The lowest BCUT2D eigenvalue weighted by atomic mass is 9.88. The lowest BCUT2D eigenvalue weighted by Crippen LogP contribution is -2.37. The zero-order chi connectivity index (χ0) is 12.5. The Labute approximate surface area is 111 Å². The number of hydrogen-bond donors (Lipinski definition) is 1. The van der Waals surface area contributed by atoms with E-state index in [1.807, 2.05) is 0 Å². The van der Waals surface area contributed by atoms with Gasteiger partial charge in [0.05, 0.1) is 0 Å². The molecule has 1 nitrogen and oxygen atoms in total. The largest absolute Gasteiger partial charge is 0.314 e. The van der Waals surface area contributed by atoms with Gasteiger partial charge in [0, 0.05) is 6.04 Å². The molecule has 2 fully saturated rings. The maximum absolute atomic E-state index is 3.74. The van der Waals surface area contributed by atoms with Crippen molar-refractivity contribution in [1.29, 1.82) is 0 Å². The minimum Gasteiger partial charge on any atom is -0.314 e. The number of hydrogen-bond acceptors (Lipinski definition) is 1. The minimum absolute atomic E-state index is 0.698. The van der Waals surface area contributed by atoms with E-state index >= 15 is 0 Å². The van der Waals surface area contributed by atoms with Crippen LogP contribution in [0, 0.1) is 24.7 Å². The highest BCUT2D eigenvalue weighted by atomic mass is 14.9. The van der Waals surface area contributed by atoms with Gasteiger partial charge in [-0.1, -0.05) is 31.2 Å². The average Bonchev–Trinajstić information content (AvgIpc) is 2.98. The van der Waals surface area contributed by atoms with E-state index in [1.54, 1.807) is 0 Å². The van der Waals surface area contributed by atoms with E-state index in [4.69, 9.17) is 0 Å². The van der Waals surface area contributed by atoms with Crippen molar-refractivity contribution < 1.29 is 0 Å². The van der Waals surface area contributed by atoms with Crippen LogP contribution in [0.25, 0.3) is 0 Å². The molecule has 0 heterocycles. The fourth-order valence-corrected chi connectivity index (χ4v) is 3.83. The van der Waals surface area contributed by atoms with Gasteiger partial charge >= 0.3 is 0 Å². The van der Waals surface area contributed by atoms with Crippen molar-refractivity contribution in [2.75, 3.05) is 6.54 Å². The van der Waals surface area contributed by atoms with Gasteiger partial charge in [-0.2, -0.15) is 0 Å². The molecule has 0 aliphatic heterocycles. The molecule has 3 atom stereocenters. The third-order valence-corrected chi connectivity index (χ3v) is 5.02. The zero-order valence-electron chi connectivity index (χ0n) is 11.7. The summed E-state index contributed by atoms with van der Waals surface area (Å²) >= 11 is 0. The van der Waals surface area contributed by atoms with Gasteiger partial charge in [-0.25, -0.2) is 0 Å². The van der Waals surface area contributed by atoms with Gasteiger partial charge in [-0.3, -0.25) is 0 Å². The third kappa shape index (κ3) is 2.47. The van der Waals surface area contributed by atoms with Gasteiger partial charge in [-0.15, -0.1) is 0 Å². The summed E-state index contributed by atoms with van der Waals surface area (Å²) in [5, 5.41) is 3.74. The fourth-order valence-electron chi connectivity index (χ4n) is 3.83. The van der Waals surface area contributed by atoms with Crippen LogP contribution >= 0.6 is 0 Å². The smallest absolute Gasteiger partial charge is 0.0136 e. The predicted molar refractivity (Wildman–Crippen MR) is 76.7 cm³/mol. The number of likely N-dealkylation sites (N-methyl/N-ethyl adjacent to an activating group) is 1. The van der Waals surface area contributed by atoms with Crippen molar-refractivity contribution in [1.82, 2.24) is 5.32 Å². The number of benzene rings is 1. The number of fused-ring (bicyclic) bond motifs is 1. The summed E-state index contributed by atoms with van der Waals surface area (Å²) in [7, 11) is 0. The van der Waals surface area contributed by atoms with Crippen LogP contribution in [0.4, 0.5) is 0 Å². The summed E-state index contributed by atoms with van der Waals surface area (Å²) in [4.78, 5) is 0. The van der Waals surface area contributed by atoms with E-state index in [2.05, 4.69) is 43.4 Å². The predicted octanol–water partition coefficient (Wildman–Crippen LogP) is 3.56. The molecule has 2 aliphatic rings. The Morgan fingerprint density at radius 2 is 1.89 bits per heavy atom. The molecule has 0 spiro atoms. The van der Waals surface area contributed by atoms with Gasteiger partial charge in [0.2, 0.25) is 0 Å². The van der Waals surface area contributed by atoms with Crippen molar-refractivity contribution in [3.8, 4) is 0 Å². The summed E-state index contributed by atoms with van der Waals surface area (Å²) in [5.41, 5.74) is 2.98. The first-order valence-corrected chi connectivity index (χ1v) is 7.55. The van der Waals surface area contributed by atoms with E-state index in [9.17, 15) is 0 Å². The van der Waals surface area contributed by atoms with Gasteiger partial charge in [0.1, 0.15) is 0 Å². The number of nitrogens with one attached hydrogen (secondary N) is 1. The molecule has 0 amide bonds. The molecule has 0 aromatic heterocycles. The van der Waals surface area contributed by atoms with E-state index in [1.165, 1.54) is 36.8 Å². The van der Waals surface area contributed by atoms with Crippen molar-refractivity contribution in [2.45, 2.75) is 45.6 Å². The molecule has 98 valence electrons. The molecule has 0 radical (unpaired) electrons. The molecule has 3 rings (SSSR count). The molecule has 1 N–H and O–H groups in total. The fraction of sp³-hybridized carbons (Fsp3) is 0.647. The van der Waals surface area contributed by atoms with E-state index in [-0.39, 0.29) is 0 Å². The Morgan fingerprint density at radius 1 is 1.17 bits per heavy atom. The van der Waals surface area contributed by atoms with Crippen LogP contribution in [-0.4, -0.2) is 12.6 Å². The van der Waals surface area contributed by atoms with Gasteiger partial charge in [0.25, 0.3) is 0 Å². The van der Waals surface area contributed by atoms with Crippen molar-refractivity contribution in [2.24, 2.45) is 17.8 Å². The molecule has 2 saturated carbocycles. The standard InChI is InChI=1S/C17H25N/c1-3-18-17(16-9-14-8-15(14)10-16)11-13-7-5-4-6-12(13)2/h4-7,14-18H,3,8-11H2,1-2H3. The first kappa shape index (κ1) is 12.2. The second-order valence-corrected chi connectivity index (χ2v) is 6.28. The Kier molecular flexibility index (Phi) is 3.43. The quantitative estimate of drug-likeness (QED) is 0.834. The number of aryl methyl sites for hydroxylation is 1. The summed E-state index contributed by atoms with van der Waals surface area (Å²) in [6.45, 7) is 5.58. The molecular formula is C17H25N. The monoisotopic (exact) mass is 243 g/mol. The first-order valence-electron chi connectivity index (χ1n) is 7.55. The highest BCUT2D eigenvalue weighted by Crippen LogP contribution is 2.55. The molecule has 1 aromatic carbocycles. The molecule has 0 saturated heterocycles. The first-order chi connectivity index (χ1) is 8.78. The third-order valence-electron chi connectivity index (χ3n) is 5.02. The van der Waals surface area contributed by atoms with Crippen molar-refractivity contribution >= 4 is 0 Å². The molecule has 2 aliphatic carbocycles. The Balaban J connectivity index is 1.68. The van der Waals surface area contributed by atoms with E-state index in [0.29, 0.717) is 6.04 Å². The van der Waals surface area contributed by atoms with E-state index < -0.39 is 0 Å². The molecule has 1 heteroatoms. The molecular weight excluding hydrogens is 218 g/mol. The Hall–Kier alpha value is -0.820. The van der Waals surface area contributed by atoms with Crippen LogP contribution in [0.15, 0.2) is 24.3 Å². The summed E-state index contributed by atoms with van der Waals surface area (Å²) in [5.74, 6) is 3.11. The van der Waals surface area contributed by atoms with Crippen LogP contribution in [0.1, 0.15) is 37.3 Å². The summed E-state index contributed by atoms with van der Waals surface area (Å²) in [6.07, 6.45) is 5.70. The number of rotatable bonds is 5. The minimum atomic E-state index is 0.698. The summed E-state index contributed by atoms with van der Waals surface area (Å²) < 4.78 is 0. The maximum atomic E-state index is 3.74. The molecule has 3 unspecified atom stereocenters. The highest BCUT2D eigenvalue weighted by molar-refractivity contribution is 5.26. The van der Waals surface area contributed by atoms with Crippen LogP contribution in [0.5, 0.6) is 0 Å².